The van der Waals surface area contributed by atoms with E-state index >= 15 is 0 Å². The lowest BCUT2D eigenvalue weighted by atomic mass is 9.49. The van der Waals surface area contributed by atoms with Crippen molar-refractivity contribution in [1.29, 1.82) is 0 Å². The van der Waals surface area contributed by atoms with E-state index in [-0.39, 0.29) is 5.41 Å². The molecular formula is C20H25NO2. The minimum atomic E-state index is -0.0661. The van der Waals surface area contributed by atoms with Crippen LogP contribution >= 0.6 is 0 Å². The predicted molar refractivity (Wildman–Crippen MR) is 90.6 cm³/mol. The fourth-order valence-corrected chi connectivity index (χ4v) is 5.80. The lowest BCUT2D eigenvalue weighted by molar-refractivity contribution is -0.130. The van der Waals surface area contributed by atoms with E-state index in [9.17, 15) is 9.90 Å². The smallest absolute Gasteiger partial charge is 0.134 e. The Balaban J connectivity index is 1.88. The van der Waals surface area contributed by atoms with Crippen LogP contribution in [0.2, 0.25) is 0 Å². The van der Waals surface area contributed by atoms with Gasteiger partial charge in [0.2, 0.25) is 0 Å². The second kappa shape index (κ2) is 5.20. The van der Waals surface area contributed by atoms with Crippen LogP contribution in [-0.2, 0) is 16.6 Å². The van der Waals surface area contributed by atoms with Crippen molar-refractivity contribution < 1.29 is 9.90 Å². The van der Waals surface area contributed by atoms with Crippen molar-refractivity contribution in [3.8, 4) is 5.75 Å². The van der Waals surface area contributed by atoms with Gasteiger partial charge in [-0.05, 0) is 54.5 Å². The molecule has 0 spiro atoms. The normalized spacial score (nSPS) is 36.2. The zero-order valence-corrected chi connectivity index (χ0v) is 13.8. The van der Waals surface area contributed by atoms with Crippen LogP contribution in [0.5, 0.6) is 5.75 Å². The standard InChI is InChI=1S/C20H25NO2/c1-3-7-21-8-6-20-12-16(23)9-13(2)19(20)18(21)10-14-4-5-15(22)11-17(14)20/h3-5,11,13,18-19,22H,1,6-10,12H2,2H3/t13-,18-,19+,20-/m1/s1. The van der Waals surface area contributed by atoms with Gasteiger partial charge in [0.15, 0.2) is 0 Å². The van der Waals surface area contributed by atoms with E-state index in [4.69, 9.17) is 0 Å². The minimum absolute atomic E-state index is 0.0661. The Bertz CT molecular complexity index is 668. The Labute approximate surface area is 138 Å². The maximum Gasteiger partial charge on any atom is 0.134 e. The monoisotopic (exact) mass is 311 g/mol. The summed E-state index contributed by atoms with van der Waals surface area (Å²) < 4.78 is 0. The Kier molecular flexibility index (Phi) is 3.38. The zero-order valence-electron chi connectivity index (χ0n) is 13.8. The highest BCUT2D eigenvalue weighted by Crippen LogP contribution is 2.57. The van der Waals surface area contributed by atoms with Crippen LogP contribution < -0.4 is 0 Å². The fourth-order valence-electron chi connectivity index (χ4n) is 5.80. The fraction of sp³-hybridized carbons (Fsp3) is 0.550. The second-order valence-corrected chi connectivity index (χ2v) is 7.73. The summed E-state index contributed by atoms with van der Waals surface area (Å²) in [5.74, 6) is 1.63. The lowest BCUT2D eigenvalue weighted by Crippen LogP contribution is -2.64. The molecule has 3 aliphatic rings. The number of aromatic hydroxyl groups is 1. The van der Waals surface area contributed by atoms with Gasteiger partial charge in [0.1, 0.15) is 11.5 Å². The molecule has 1 N–H and O–H groups in total. The molecule has 122 valence electrons. The van der Waals surface area contributed by atoms with Crippen LogP contribution in [0, 0.1) is 11.8 Å². The Morgan fingerprint density at radius 1 is 1.43 bits per heavy atom. The van der Waals surface area contributed by atoms with E-state index in [1.807, 2.05) is 12.1 Å². The number of ketones is 1. The number of phenolic OH excluding ortho intramolecular Hbond substituents is 1. The first-order valence-corrected chi connectivity index (χ1v) is 8.74. The van der Waals surface area contributed by atoms with Crippen LogP contribution in [0.4, 0.5) is 0 Å². The van der Waals surface area contributed by atoms with E-state index in [0.717, 1.165) is 25.9 Å². The van der Waals surface area contributed by atoms with E-state index in [1.54, 1.807) is 6.07 Å². The van der Waals surface area contributed by atoms with Crippen molar-refractivity contribution in [2.75, 3.05) is 13.1 Å². The average molecular weight is 311 g/mol. The van der Waals surface area contributed by atoms with Gasteiger partial charge in [-0.15, -0.1) is 6.58 Å². The van der Waals surface area contributed by atoms with Gasteiger partial charge in [0.25, 0.3) is 0 Å². The van der Waals surface area contributed by atoms with Crippen LogP contribution in [0.1, 0.15) is 37.3 Å². The molecule has 1 aromatic rings. The van der Waals surface area contributed by atoms with Gasteiger partial charge < -0.3 is 5.11 Å². The number of hydrogen-bond donors (Lipinski definition) is 1. The van der Waals surface area contributed by atoms with Crippen molar-refractivity contribution >= 4 is 5.78 Å². The van der Waals surface area contributed by atoms with Gasteiger partial charge >= 0.3 is 0 Å². The van der Waals surface area contributed by atoms with Gasteiger partial charge in [-0.2, -0.15) is 0 Å². The number of rotatable bonds is 2. The largest absolute Gasteiger partial charge is 0.508 e. The third kappa shape index (κ3) is 2.09. The number of Topliss-reactive ketones (excluding diaryl/α,β-unsaturated/α-hetero) is 1. The summed E-state index contributed by atoms with van der Waals surface area (Å²) in [6.45, 7) is 8.10. The molecule has 0 unspecified atom stereocenters. The summed E-state index contributed by atoms with van der Waals surface area (Å²) in [7, 11) is 0. The molecule has 0 amide bonds. The van der Waals surface area contributed by atoms with Crippen molar-refractivity contribution in [3.05, 3.63) is 42.0 Å². The molecule has 0 aromatic heterocycles. The summed E-state index contributed by atoms with van der Waals surface area (Å²) in [5, 5.41) is 10.0. The predicted octanol–water partition coefficient (Wildman–Crippen LogP) is 3.06. The topological polar surface area (TPSA) is 40.5 Å². The maximum absolute atomic E-state index is 12.4. The van der Waals surface area contributed by atoms with Crippen molar-refractivity contribution in [1.82, 2.24) is 4.90 Å². The molecule has 2 bridgehead atoms. The van der Waals surface area contributed by atoms with Crippen molar-refractivity contribution in [2.45, 2.75) is 44.1 Å². The SMILES string of the molecule is C=CCN1CC[C@]23CC(=O)C[C@@H](C)[C@H]2[C@H]1Cc1ccc(O)cc13. The molecule has 3 heteroatoms. The highest BCUT2D eigenvalue weighted by molar-refractivity contribution is 5.82. The lowest BCUT2D eigenvalue weighted by Gasteiger charge is -2.60. The van der Waals surface area contributed by atoms with Gasteiger partial charge in [-0.3, -0.25) is 9.69 Å². The number of fused-ring (bicyclic) bond motifs is 1. The average Bonchev–Trinajstić information content (AvgIpc) is 2.50. The van der Waals surface area contributed by atoms with Crippen LogP contribution in [0.3, 0.4) is 0 Å². The highest BCUT2D eigenvalue weighted by atomic mass is 16.3. The summed E-state index contributed by atoms with van der Waals surface area (Å²) in [6, 6.07) is 6.28. The number of carbonyl (C=O) groups excluding carboxylic acids is 1. The van der Waals surface area contributed by atoms with Gasteiger partial charge in [0, 0.05) is 30.8 Å². The Morgan fingerprint density at radius 3 is 3.04 bits per heavy atom. The second-order valence-electron chi connectivity index (χ2n) is 7.73. The molecule has 1 saturated heterocycles. The number of nitrogens with zero attached hydrogens (tertiary/aromatic N) is 1. The molecule has 4 rings (SSSR count). The van der Waals surface area contributed by atoms with Crippen LogP contribution in [-0.4, -0.2) is 34.9 Å². The molecule has 23 heavy (non-hydrogen) atoms. The molecule has 3 nitrogen and oxygen atoms in total. The Hall–Kier alpha value is -1.61. The number of phenols is 1. The molecule has 1 saturated carbocycles. The van der Waals surface area contributed by atoms with Crippen molar-refractivity contribution in [3.63, 3.8) is 0 Å². The number of hydrogen-bond acceptors (Lipinski definition) is 3. The molecule has 2 fully saturated rings. The maximum atomic E-state index is 12.4. The number of likely N-dealkylation sites (tertiary alicyclic amines) is 1. The van der Waals surface area contributed by atoms with Crippen LogP contribution in [0.25, 0.3) is 0 Å². The molecule has 1 aliphatic heterocycles. The summed E-state index contributed by atoms with van der Waals surface area (Å²) in [6.07, 6.45) is 5.39. The first-order valence-electron chi connectivity index (χ1n) is 8.74. The summed E-state index contributed by atoms with van der Waals surface area (Å²) >= 11 is 0. The van der Waals surface area contributed by atoms with Crippen molar-refractivity contribution in [2.24, 2.45) is 11.8 Å². The van der Waals surface area contributed by atoms with Gasteiger partial charge in [-0.1, -0.05) is 19.1 Å². The molecule has 2 aliphatic carbocycles. The number of piperidine rings is 1. The number of benzene rings is 1. The van der Waals surface area contributed by atoms with Crippen LogP contribution in [0.15, 0.2) is 30.9 Å². The zero-order chi connectivity index (χ0) is 16.2. The van der Waals surface area contributed by atoms with Gasteiger partial charge in [-0.25, -0.2) is 0 Å². The summed E-state index contributed by atoms with van der Waals surface area (Å²) in [4.78, 5) is 15.0. The molecule has 1 heterocycles. The molecular weight excluding hydrogens is 286 g/mol. The third-order valence-electron chi connectivity index (χ3n) is 6.46. The van der Waals surface area contributed by atoms with Gasteiger partial charge in [0.05, 0.1) is 0 Å². The van der Waals surface area contributed by atoms with E-state index in [0.29, 0.717) is 42.3 Å². The van der Waals surface area contributed by atoms with E-state index in [2.05, 4.69) is 24.5 Å². The third-order valence-corrected chi connectivity index (χ3v) is 6.46. The first-order chi connectivity index (χ1) is 11.0. The molecule has 0 radical (unpaired) electrons. The quantitative estimate of drug-likeness (QED) is 0.853. The van der Waals surface area contributed by atoms with E-state index < -0.39 is 0 Å². The highest BCUT2D eigenvalue weighted by Gasteiger charge is 2.57. The van der Waals surface area contributed by atoms with E-state index in [1.165, 1.54) is 11.1 Å². The first kappa shape index (κ1) is 14.9. The minimum Gasteiger partial charge on any atom is -0.508 e. The Morgan fingerprint density at radius 2 is 2.26 bits per heavy atom. The molecule has 4 atom stereocenters. The summed E-state index contributed by atoms with van der Waals surface area (Å²) in [5.41, 5.74) is 2.50. The molecule has 1 aromatic carbocycles. The number of carbonyl (C=O) groups is 1.